The molecule has 8 atom stereocenters. The number of nitrogens with one attached hydrogen (secondary N) is 1. The molecule has 3 heterocycles. The quantitative estimate of drug-likeness (QED) is 0.256. The summed E-state index contributed by atoms with van der Waals surface area (Å²) in [5.74, 6) is -0.911. The molecule has 2 fully saturated rings. The van der Waals surface area contributed by atoms with Gasteiger partial charge in [0.2, 0.25) is 11.8 Å². The van der Waals surface area contributed by atoms with E-state index in [0.29, 0.717) is 23.6 Å². The summed E-state index contributed by atoms with van der Waals surface area (Å²) in [7, 11) is 6.06. The summed E-state index contributed by atoms with van der Waals surface area (Å²) in [5.41, 5.74) is -0.893. The van der Waals surface area contributed by atoms with Crippen LogP contribution in [0.3, 0.4) is 0 Å². The maximum atomic E-state index is 14.2. The predicted octanol–water partition coefficient (Wildman–Crippen LogP) is 5.44. The lowest BCUT2D eigenvalue weighted by atomic mass is 9.83. The first-order valence-electron chi connectivity index (χ1n) is 18.1. The molecular formula is C39H56ClN3O10S. The molecule has 1 aromatic rings. The number of hydrogen-bond donors (Lipinski definition) is 2. The second-order valence-corrected chi connectivity index (χ2v) is 17.9. The Morgan fingerprint density at radius 2 is 1.93 bits per heavy atom. The van der Waals surface area contributed by atoms with Gasteiger partial charge in [0.25, 0.3) is 0 Å². The number of esters is 1. The van der Waals surface area contributed by atoms with Crippen molar-refractivity contribution in [3.05, 3.63) is 46.5 Å². The van der Waals surface area contributed by atoms with Gasteiger partial charge >= 0.3 is 12.1 Å². The van der Waals surface area contributed by atoms with E-state index in [-0.39, 0.29) is 34.9 Å². The van der Waals surface area contributed by atoms with Crippen molar-refractivity contribution in [1.82, 2.24) is 10.2 Å². The molecule has 1 aromatic carbocycles. The highest BCUT2D eigenvalue weighted by molar-refractivity contribution is 8.00. The number of benzene rings is 1. The normalized spacial score (nSPS) is 31.2. The zero-order valence-corrected chi connectivity index (χ0v) is 34.8. The van der Waals surface area contributed by atoms with Gasteiger partial charge in [-0.2, -0.15) is 11.8 Å². The van der Waals surface area contributed by atoms with Gasteiger partial charge < -0.3 is 38.6 Å². The number of aliphatic hydroxyl groups is 1. The minimum Gasteiger partial charge on any atom is -0.495 e. The number of carbonyl (C=O) groups excluding carboxylic acids is 4. The van der Waals surface area contributed by atoms with Crippen LogP contribution in [-0.4, -0.2) is 114 Å². The first-order valence-corrected chi connectivity index (χ1v) is 19.5. The molecule has 2 N–H and O–H groups in total. The summed E-state index contributed by atoms with van der Waals surface area (Å²) in [5, 5.41) is 14.5. The molecule has 0 aliphatic carbocycles. The second-order valence-electron chi connectivity index (χ2n) is 15.6. The molecular weight excluding hydrogens is 738 g/mol. The van der Waals surface area contributed by atoms with E-state index in [0.717, 1.165) is 11.1 Å². The molecule has 0 aromatic heterocycles. The molecule has 3 aliphatic rings. The van der Waals surface area contributed by atoms with E-state index < -0.39 is 65.7 Å². The first kappa shape index (κ1) is 43.4. The fraction of sp³-hybridized carbons (Fsp3) is 0.641. The third-order valence-electron chi connectivity index (χ3n) is 10.4. The Bertz CT molecular complexity index is 1650. The molecule has 3 amide bonds. The Labute approximate surface area is 328 Å². The van der Waals surface area contributed by atoms with Gasteiger partial charge in [-0.3, -0.25) is 14.9 Å². The van der Waals surface area contributed by atoms with Crippen LogP contribution in [0, 0.1) is 5.92 Å². The van der Waals surface area contributed by atoms with Gasteiger partial charge in [-0.1, -0.05) is 63.1 Å². The minimum atomic E-state index is -1.82. The predicted molar refractivity (Wildman–Crippen MR) is 208 cm³/mol. The van der Waals surface area contributed by atoms with Crippen molar-refractivity contribution >= 4 is 52.9 Å². The Hall–Kier alpha value is -3.30. The number of thioether (sulfide) groups is 1. The van der Waals surface area contributed by atoms with Crippen molar-refractivity contribution < 1.29 is 48.0 Å². The maximum absolute atomic E-state index is 14.2. The average Bonchev–Trinajstić information content (AvgIpc) is 3.79. The number of nitrogens with zero attached hydrogens (tertiary/aromatic N) is 2. The average molecular weight is 794 g/mol. The van der Waals surface area contributed by atoms with Crippen molar-refractivity contribution in [2.45, 2.75) is 121 Å². The Kier molecular flexibility index (Phi) is 13.9. The first-order chi connectivity index (χ1) is 25.1. The monoisotopic (exact) mass is 793 g/mol. The van der Waals surface area contributed by atoms with E-state index in [4.69, 9.17) is 35.3 Å². The van der Waals surface area contributed by atoms with Gasteiger partial charge in [0, 0.05) is 50.5 Å². The van der Waals surface area contributed by atoms with Gasteiger partial charge in [-0.15, -0.1) is 0 Å². The number of fused-ring (bicyclic) bond motifs is 5. The Balaban J connectivity index is 1.72. The number of hydrogen-bond acceptors (Lipinski definition) is 11. The molecule has 15 heteroatoms. The van der Waals surface area contributed by atoms with Crippen molar-refractivity contribution in [1.29, 1.82) is 0 Å². The number of carbonyl (C=O) groups is 4. The van der Waals surface area contributed by atoms with Gasteiger partial charge in [0.05, 0.1) is 25.3 Å². The minimum absolute atomic E-state index is 0.0150. The van der Waals surface area contributed by atoms with Gasteiger partial charge in [-0.25, -0.2) is 9.59 Å². The molecule has 4 bridgehead atoms. The lowest BCUT2D eigenvalue weighted by molar-refractivity contribution is -0.162. The topological polar surface area (TPSA) is 156 Å². The number of halogens is 1. The number of allylic oxidation sites excluding steroid dienone is 3. The SMILES string of the molecule is COc1cc2cc(c1Cl)N(C)C(=O)C[C@H](OC(=O)[C@H](C)N(C)C(=O)CCSC(C)(C)C)C1(C)O[C@H]1[C@H](C)[C@@H]1C[C@@](O)(NC(=O)O1)[C@H](OC)/C=C/C=C(\C)C2. The largest absolute Gasteiger partial charge is 0.495 e. The number of amides is 3. The lowest BCUT2D eigenvalue weighted by Gasteiger charge is -2.42. The number of rotatable bonds is 8. The molecule has 2 saturated heterocycles. The van der Waals surface area contributed by atoms with Crippen LogP contribution in [0.1, 0.15) is 73.3 Å². The Morgan fingerprint density at radius 1 is 1.24 bits per heavy atom. The molecule has 0 spiro atoms. The number of epoxide rings is 1. The molecule has 13 nitrogen and oxygen atoms in total. The summed E-state index contributed by atoms with van der Waals surface area (Å²) in [6, 6.07) is 2.63. The van der Waals surface area contributed by atoms with E-state index >= 15 is 0 Å². The van der Waals surface area contributed by atoms with Crippen molar-refractivity contribution in [2.75, 3.05) is 39.0 Å². The zero-order valence-electron chi connectivity index (χ0n) is 33.2. The zero-order chi connectivity index (χ0) is 40.3. The van der Waals surface area contributed by atoms with Crippen LogP contribution in [-0.2, 0) is 39.8 Å². The van der Waals surface area contributed by atoms with Crippen LogP contribution >= 0.6 is 23.4 Å². The molecule has 1 unspecified atom stereocenters. The fourth-order valence-corrected chi connectivity index (χ4v) is 8.04. The van der Waals surface area contributed by atoms with Crippen molar-refractivity contribution in [2.24, 2.45) is 5.92 Å². The highest BCUT2D eigenvalue weighted by Crippen LogP contribution is 2.49. The number of likely N-dealkylation sites (N-methyl/N-ethyl adjacent to an activating group) is 1. The van der Waals surface area contributed by atoms with E-state index in [9.17, 15) is 24.3 Å². The van der Waals surface area contributed by atoms with Gasteiger partial charge in [0.15, 0.2) is 5.72 Å². The van der Waals surface area contributed by atoms with E-state index in [1.54, 1.807) is 70.9 Å². The molecule has 3 aliphatic heterocycles. The van der Waals surface area contributed by atoms with E-state index in [2.05, 4.69) is 26.1 Å². The van der Waals surface area contributed by atoms with Crippen LogP contribution in [0.25, 0.3) is 0 Å². The number of alkyl carbamates (subject to hydrolysis) is 1. The van der Waals surface area contributed by atoms with Crippen LogP contribution < -0.4 is 15.0 Å². The number of methoxy groups -OCH3 is 2. The van der Waals surface area contributed by atoms with Crippen LogP contribution in [0.5, 0.6) is 5.75 Å². The summed E-state index contributed by atoms with van der Waals surface area (Å²) in [6.45, 7) is 13.2. The third-order valence-corrected chi connectivity index (χ3v) is 12.0. The molecule has 300 valence electrons. The summed E-state index contributed by atoms with van der Waals surface area (Å²) in [6.07, 6.45) is 1.23. The number of anilines is 1. The molecule has 0 saturated carbocycles. The fourth-order valence-electron chi connectivity index (χ4n) is 6.84. The summed E-state index contributed by atoms with van der Waals surface area (Å²) < 4.78 is 29.3. The van der Waals surface area contributed by atoms with Crippen LogP contribution in [0.4, 0.5) is 10.5 Å². The smallest absolute Gasteiger partial charge is 0.409 e. The highest BCUT2D eigenvalue weighted by atomic mass is 35.5. The van der Waals surface area contributed by atoms with E-state index in [1.807, 2.05) is 13.0 Å². The van der Waals surface area contributed by atoms with Crippen molar-refractivity contribution in [3.63, 3.8) is 0 Å². The van der Waals surface area contributed by atoms with Gasteiger partial charge in [0.1, 0.15) is 40.7 Å². The standard InChI is InChI=1S/C39H56ClN3O10S/c1-22-13-12-14-29(50-11)39(48)21-28(51-36(47)41-39)23(2)34-38(7,53-34)30(52-35(46)24(3)42(8)31(44)15-16-54-37(4,5)6)20-32(45)43(9)26-18-25(17-22)19-27(49-10)33(26)40/h12-14,18-19,23-24,28-30,34,48H,15-17,20-21H2,1-11H3,(H,41,47)/b14-12+,22-13+/t23-,24+,28+,29-,30+,34+,38?,39+/m1/s1. The molecule has 4 rings (SSSR count). The molecule has 54 heavy (non-hydrogen) atoms. The van der Waals surface area contributed by atoms with Crippen LogP contribution in [0.2, 0.25) is 5.02 Å². The Morgan fingerprint density at radius 3 is 2.56 bits per heavy atom. The maximum Gasteiger partial charge on any atom is 0.409 e. The highest BCUT2D eigenvalue weighted by Gasteiger charge is 2.64. The third kappa shape index (κ3) is 10.1. The summed E-state index contributed by atoms with van der Waals surface area (Å²) in [4.78, 5) is 56.6. The molecule has 0 radical (unpaired) electrons. The van der Waals surface area contributed by atoms with Gasteiger partial charge in [-0.05, 0) is 44.9 Å². The lowest BCUT2D eigenvalue weighted by Crippen LogP contribution is -2.63. The number of ether oxygens (including phenoxy) is 5. The van der Waals surface area contributed by atoms with Crippen LogP contribution in [0.15, 0.2) is 35.9 Å². The van der Waals surface area contributed by atoms with Crippen molar-refractivity contribution in [3.8, 4) is 5.75 Å². The second kappa shape index (κ2) is 17.2. The summed E-state index contributed by atoms with van der Waals surface area (Å²) >= 11 is 8.42. The van der Waals surface area contributed by atoms with E-state index in [1.165, 1.54) is 24.0 Å².